The van der Waals surface area contributed by atoms with Crippen LogP contribution in [0.2, 0.25) is 0 Å². The number of rotatable bonds is 2. The molecule has 3 nitrogen and oxygen atoms in total. The van der Waals surface area contributed by atoms with E-state index in [1.165, 1.54) is 0 Å². The zero-order chi connectivity index (χ0) is 10.8. The number of hydrogen-bond donors (Lipinski definition) is 0. The van der Waals surface area contributed by atoms with E-state index in [9.17, 15) is 0 Å². The molecule has 3 rings (SSSR count). The molecule has 0 amide bonds. The summed E-state index contributed by atoms with van der Waals surface area (Å²) in [7, 11) is 0. The monoisotopic (exact) mass is 227 g/mol. The van der Waals surface area contributed by atoms with Crippen LogP contribution in [0.25, 0.3) is 17.2 Å². The first-order chi connectivity index (χ1) is 7.95. The topological polar surface area (TPSA) is 30.7 Å². The van der Waals surface area contributed by atoms with E-state index in [1.54, 1.807) is 17.5 Å². The molecule has 0 radical (unpaired) electrons. The highest BCUT2D eigenvalue weighted by Gasteiger charge is 2.08. The Morgan fingerprint density at radius 3 is 2.69 bits per heavy atom. The molecular weight excluding hydrogens is 218 g/mol. The Morgan fingerprint density at radius 2 is 1.94 bits per heavy atom. The smallest absolute Gasteiger partial charge is 0.164 e. The fourth-order valence-corrected chi connectivity index (χ4v) is 2.14. The van der Waals surface area contributed by atoms with Gasteiger partial charge in [-0.2, -0.15) is 0 Å². The summed E-state index contributed by atoms with van der Waals surface area (Å²) in [5, 5.41) is 2.00. The molecule has 3 aromatic rings. The summed E-state index contributed by atoms with van der Waals surface area (Å²) in [5.41, 5.74) is 3.83. The number of para-hydroxylation sites is 1. The molecule has 0 saturated heterocycles. The Hall–Kier alpha value is -1.94. The van der Waals surface area contributed by atoms with Crippen LogP contribution in [0.3, 0.4) is 0 Å². The lowest BCUT2D eigenvalue weighted by molar-refractivity contribution is 1.06. The molecule has 16 heavy (non-hydrogen) atoms. The van der Waals surface area contributed by atoms with Gasteiger partial charge >= 0.3 is 0 Å². The number of benzene rings is 1. The highest BCUT2D eigenvalue weighted by atomic mass is 32.1. The first-order valence-electron chi connectivity index (χ1n) is 4.92. The Morgan fingerprint density at radius 1 is 1.06 bits per heavy atom. The van der Waals surface area contributed by atoms with Crippen LogP contribution in [0.4, 0.5) is 0 Å². The molecule has 2 aromatic heterocycles. The van der Waals surface area contributed by atoms with Crippen molar-refractivity contribution in [2.24, 2.45) is 0 Å². The lowest BCUT2D eigenvalue weighted by atomic mass is 10.3. The van der Waals surface area contributed by atoms with Gasteiger partial charge in [-0.05, 0) is 12.1 Å². The van der Waals surface area contributed by atoms with E-state index in [4.69, 9.17) is 0 Å². The molecule has 0 N–H and O–H groups in total. The van der Waals surface area contributed by atoms with Crippen molar-refractivity contribution < 1.29 is 0 Å². The maximum atomic E-state index is 4.34. The van der Waals surface area contributed by atoms with Gasteiger partial charge in [0.2, 0.25) is 0 Å². The van der Waals surface area contributed by atoms with Gasteiger partial charge in [0.25, 0.3) is 0 Å². The van der Waals surface area contributed by atoms with E-state index in [0.717, 1.165) is 17.2 Å². The third-order valence-electron chi connectivity index (χ3n) is 2.34. The lowest BCUT2D eigenvalue weighted by Crippen LogP contribution is -1.95. The normalized spacial score (nSPS) is 10.5. The average molecular weight is 227 g/mol. The highest BCUT2D eigenvalue weighted by molar-refractivity contribution is 7.07. The van der Waals surface area contributed by atoms with Gasteiger partial charge in [-0.25, -0.2) is 9.97 Å². The SMILES string of the molecule is c1ccc(-n2ccnc2-c2cscn2)cc1. The number of thiazole rings is 1. The molecule has 2 heterocycles. The summed E-state index contributed by atoms with van der Waals surface area (Å²) < 4.78 is 2.04. The molecule has 0 spiro atoms. The van der Waals surface area contributed by atoms with E-state index >= 15 is 0 Å². The van der Waals surface area contributed by atoms with Crippen LogP contribution in [-0.4, -0.2) is 14.5 Å². The van der Waals surface area contributed by atoms with Gasteiger partial charge in [-0.15, -0.1) is 11.3 Å². The molecule has 0 saturated carbocycles. The van der Waals surface area contributed by atoms with Crippen molar-refractivity contribution in [1.29, 1.82) is 0 Å². The van der Waals surface area contributed by atoms with E-state index in [2.05, 4.69) is 22.1 Å². The van der Waals surface area contributed by atoms with Gasteiger partial charge < -0.3 is 0 Å². The zero-order valence-electron chi connectivity index (χ0n) is 8.45. The minimum Gasteiger partial charge on any atom is -0.298 e. The van der Waals surface area contributed by atoms with Crippen molar-refractivity contribution >= 4 is 11.3 Å². The molecule has 0 aliphatic carbocycles. The first kappa shape index (κ1) is 9.30. The van der Waals surface area contributed by atoms with Crippen molar-refractivity contribution in [2.75, 3.05) is 0 Å². The van der Waals surface area contributed by atoms with Gasteiger partial charge in [0.05, 0.1) is 5.51 Å². The van der Waals surface area contributed by atoms with Gasteiger partial charge in [-0.3, -0.25) is 4.57 Å². The van der Waals surface area contributed by atoms with E-state index < -0.39 is 0 Å². The second-order valence-corrected chi connectivity index (χ2v) is 4.05. The van der Waals surface area contributed by atoms with Crippen LogP contribution in [0, 0.1) is 0 Å². The van der Waals surface area contributed by atoms with Gasteiger partial charge in [0, 0.05) is 23.5 Å². The molecule has 78 valence electrons. The number of aromatic nitrogens is 3. The molecular formula is C12H9N3S. The fraction of sp³-hybridized carbons (Fsp3) is 0. The van der Waals surface area contributed by atoms with E-state index in [1.807, 2.05) is 39.9 Å². The second-order valence-electron chi connectivity index (χ2n) is 3.33. The average Bonchev–Trinajstić information content (AvgIpc) is 3.01. The van der Waals surface area contributed by atoms with Crippen LogP contribution < -0.4 is 0 Å². The maximum absolute atomic E-state index is 4.34. The van der Waals surface area contributed by atoms with Crippen molar-refractivity contribution in [3.8, 4) is 17.2 Å². The van der Waals surface area contributed by atoms with Crippen molar-refractivity contribution in [3.05, 3.63) is 53.6 Å². The fourth-order valence-electron chi connectivity index (χ4n) is 1.61. The lowest BCUT2D eigenvalue weighted by Gasteiger charge is -2.05. The third kappa shape index (κ3) is 1.53. The minimum absolute atomic E-state index is 0.882. The van der Waals surface area contributed by atoms with Gasteiger partial charge in [-0.1, -0.05) is 18.2 Å². The summed E-state index contributed by atoms with van der Waals surface area (Å²) in [6.45, 7) is 0. The summed E-state index contributed by atoms with van der Waals surface area (Å²) in [5.74, 6) is 0.882. The number of hydrogen-bond acceptors (Lipinski definition) is 3. The molecule has 0 fully saturated rings. The zero-order valence-corrected chi connectivity index (χ0v) is 9.26. The van der Waals surface area contributed by atoms with Crippen molar-refractivity contribution in [2.45, 2.75) is 0 Å². The standard InChI is InChI=1S/C12H9N3S/c1-2-4-10(5-3-1)15-7-6-13-12(15)11-8-16-9-14-11/h1-9H. The summed E-state index contributed by atoms with van der Waals surface area (Å²) in [6.07, 6.45) is 3.74. The van der Waals surface area contributed by atoms with E-state index in [-0.39, 0.29) is 0 Å². The Balaban J connectivity index is 2.14. The molecule has 0 bridgehead atoms. The summed E-state index contributed by atoms with van der Waals surface area (Å²) in [6, 6.07) is 10.1. The summed E-state index contributed by atoms with van der Waals surface area (Å²) >= 11 is 1.58. The Labute approximate surface area is 97.0 Å². The second kappa shape index (κ2) is 3.90. The van der Waals surface area contributed by atoms with E-state index in [0.29, 0.717) is 0 Å². The van der Waals surface area contributed by atoms with Crippen LogP contribution in [0.5, 0.6) is 0 Å². The van der Waals surface area contributed by atoms with Crippen molar-refractivity contribution in [1.82, 2.24) is 14.5 Å². The third-order valence-corrected chi connectivity index (χ3v) is 2.92. The highest BCUT2D eigenvalue weighted by Crippen LogP contribution is 2.20. The first-order valence-corrected chi connectivity index (χ1v) is 5.87. The minimum atomic E-state index is 0.882. The molecule has 0 aliphatic heterocycles. The molecule has 0 atom stereocenters. The molecule has 0 aliphatic rings. The number of nitrogens with zero attached hydrogens (tertiary/aromatic N) is 3. The van der Waals surface area contributed by atoms with Crippen LogP contribution in [0.1, 0.15) is 0 Å². The van der Waals surface area contributed by atoms with Crippen LogP contribution in [-0.2, 0) is 0 Å². The van der Waals surface area contributed by atoms with Crippen LogP contribution >= 0.6 is 11.3 Å². The van der Waals surface area contributed by atoms with Crippen LogP contribution in [0.15, 0.2) is 53.6 Å². The molecule has 0 unspecified atom stereocenters. The number of imidazole rings is 1. The summed E-state index contributed by atoms with van der Waals surface area (Å²) in [4.78, 5) is 8.62. The largest absolute Gasteiger partial charge is 0.298 e. The van der Waals surface area contributed by atoms with Gasteiger partial charge in [0.15, 0.2) is 5.82 Å². The predicted molar refractivity (Wildman–Crippen MR) is 64.7 cm³/mol. The van der Waals surface area contributed by atoms with Crippen molar-refractivity contribution in [3.63, 3.8) is 0 Å². The molecule has 4 heteroatoms. The predicted octanol–water partition coefficient (Wildman–Crippen LogP) is 3.00. The molecule has 1 aromatic carbocycles. The Bertz CT molecular complexity index is 569. The Kier molecular flexibility index (Phi) is 2.27. The van der Waals surface area contributed by atoms with Gasteiger partial charge in [0.1, 0.15) is 5.69 Å². The maximum Gasteiger partial charge on any atom is 0.164 e. The quantitative estimate of drug-likeness (QED) is 0.673.